The second-order valence-electron chi connectivity index (χ2n) is 6.07. The van der Waals surface area contributed by atoms with E-state index in [9.17, 15) is 4.79 Å². The van der Waals surface area contributed by atoms with Gasteiger partial charge in [-0.05, 0) is 36.6 Å². The number of rotatable bonds is 5. The van der Waals surface area contributed by atoms with Crippen LogP contribution < -0.4 is 20.7 Å². The number of benzene rings is 2. The largest absolute Gasteiger partial charge is 0.495 e. The number of carbonyl (C=O) groups excluding carboxylic acids is 1. The molecule has 0 radical (unpaired) electrons. The zero-order valence-corrected chi connectivity index (χ0v) is 16.3. The molecule has 5 nitrogen and oxygen atoms in total. The number of hydrogen-bond donors (Lipinski definition) is 2. The molecule has 3 N–H and O–H groups in total. The van der Waals surface area contributed by atoms with Crippen molar-refractivity contribution in [3.8, 4) is 5.75 Å². The molecule has 0 aliphatic carbocycles. The summed E-state index contributed by atoms with van der Waals surface area (Å²) < 4.78 is 5.44. The Hall–Kier alpha value is -2.11. The highest BCUT2D eigenvalue weighted by atomic mass is 35.5. The van der Waals surface area contributed by atoms with Crippen molar-refractivity contribution in [1.29, 1.82) is 0 Å². The van der Waals surface area contributed by atoms with E-state index in [2.05, 4.69) is 16.3 Å². The van der Waals surface area contributed by atoms with Crippen molar-refractivity contribution >= 4 is 42.1 Å². The highest BCUT2D eigenvalue weighted by molar-refractivity contribution is 5.99. The van der Waals surface area contributed by atoms with Gasteiger partial charge in [0, 0.05) is 25.3 Å². The summed E-state index contributed by atoms with van der Waals surface area (Å²) in [5.41, 5.74) is 8.01. The van der Waals surface area contributed by atoms with Crippen molar-refractivity contribution in [2.45, 2.75) is 6.42 Å². The summed E-state index contributed by atoms with van der Waals surface area (Å²) in [5.74, 6) is 1.20. The van der Waals surface area contributed by atoms with Gasteiger partial charge in [0.2, 0.25) is 0 Å². The van der Waals surface area contributed by atoms with Gasteiger partial charge in [0.1, 0.15) is 5.75 Å². The van der Waals surface area contributed by atoms with Crippen LogP contribution in [0.2, 0.25) is 0 Å². The quantitative estimate of drug-likeness (QED) is 0.758. The summed E-state index contributed by atoms with van der Waals surface area (Å²) in [7, 11) is 1.69. The molecule has 1 unspecified atom stereocenters. The zero-order valence-electron chi connectivity index (χ0n) is 14.7. The lowest BCUT2D eigenvalue weighted by Gasteiger charge is -2.21. The second-order valence-corrected chi connectivity index (χ2v) is 6.07. The molecule has 0 aromatic heterocycles. The van der Waals surface area contributed by atoms with E-state index in [1.54, 1.807) is 19.2 Å². The number of ether oxygens (including phenoxy) is 1. The highest BCUT2D eigenvalue weighted by Gasteiger charge is 2.25. The Morgan fingerprint density at radius 2 is 1.88 bits per heavy atom. The van der Waals surface area contributed by atoms with Gasteiger partial charge in [-0.2, -0.15) is 0 Å². The number of methoxy groups -OCH3 is 1. The lowest BCUT2D eigenvalue weighted by atomic mass is 10.1. The molecular weight excluding hydrogens is 373 g/mol. The molecule has 1 saturated heterocycles. The third kappa shape index (κ3) is 4.96. The van der Waals surface area contributed by atoms with Crippen LogP contribution in [0.5, 0.6) is 5.75 Å². The average molecular weight is 398 g/mol. The van der Waals surface area contributed by atoms with Crippen molar-refractivity contribution in [3.63, 3.8) is 0 Å². The van der Waals surface area contributed by atoms with Crippen LogP contribution in [0, 0.1) is 5.92 Å². The number of carbonyl (C=O) groups is 1. The maximum Gasteiger partial charge on any atom is 0.253 e. The molecule has 142 valence electrons. The van der Waals surface area contributed by atoms with Gasteiger partial charge in [-0.3, -0.25) is 4.79 Å². The van der Waals surface area contributed by atoms with Crippen LogP contribution in [0.25, 0.3) is 0 Å². The molecule has 0 spiro atoms. The van der Waals surface area contributed by atoms with Gasteiger partial charge >= 0.3 is 0 Å². The average Bonchev–Trinajstić information content (AvgIpc) is 3.09. The van der Waals surface area contributed by atoms with Crippen LogP contribution >= 0.6 is 24.8 Å². The first-order valence-electron chi connectivity index (χ1n) is 8.19. The van der Waals surface area contributed by atoms with Gasteiger partial charge in [-0.25, -0.2) is 0 Å². The molecule has 1 atom stereocenters. The minimum absolute atomic E-state index is 0. The van der Waals surface area contributed by atoms with Gasteiger partial charge in [0.25, 0.3) is 5.91 Å². The molecule has 1 fully saturated rings. The predicted octanol–water partition coefficient (Wildman–Crippen LogP) is 3.38. The van der Waals surface area contributed by atoms with Crippen molar-refractivity contribution in [2.24, 2.45) is 5.92 Å². The molecule has 1 aliphatic heterocycles. The fourth-order valence-electron chi connectivity index (χ4n) is 3.15. The summed E-state index contributed by atoms with van der Waals surface area (Å²) in [6.07, 6.45) is 1.04. The van der Waals surface area contributed by atoms with Gasteiger partial charge in [0.15, 0.2) is 0 Å². The lowest BCUT2D eigenvalue weighted by Crippen LogP contribution is -2.31. The number of anilines is 2. The molecule has 1 heterocycles. The van der Waals surface area contributed by atoms with Crippen LogP contribution in [-0.4, -0.2) is 32.7 Å². The minimum Gasteiger partial charge on any atom is -0.495 e. The Labute approximate surface area is 166 Å². The second kappa shape index (κ2) is 10.1. The van der Waals surface area contributed by atoms with Gasteiger partial charge in [-0.1, -0.05) is 24.3 Å². The van der Waals surface area contributed by atoms with Crippen molar-refractivity contribution in [3.05, 3.63) is 54.1 Å². The van der Waals surface area contributed by atoms with Crippen LogP contribution in [-0.2, 0) is 0 Å². The van der Waals surface area contributed by atoms with E-state index in [0.717, 1.165) is 30.9 Å². The van der Waals surface area contributed by atoms with Gasteiger partial charge in [0.05, 0.1) is 18.4 Å². The number of para-hydroxylation sites is 3. The normalized spacial score (nSPS) is 15.6. The van der Waals surface area contributed by atoms with Gasteiger partial charge in [-0.15, -0.1) is 24.8 Å². The fourth-order valence-corrected chi connectivity index (χ4v) is 3.15. The van der Waals surface area contributed by atoms with Crippen molar-refractivity contribution in [2.75, 3.05) is 37.4 Å². The number of nitrogen functional groups attached to an aromatic ring is 1. The Bertz CT molecular complexity index is 727. The predicted molar refractivity (Wildman–Crippen MR) is 111 cm³/mol. The summed E-state index contributed by atoms with van der Waals surface area (Å²) in [6.45, 7) is 2.53. The molecule has 26 heavy (non-hydrogen) atoms. The SMILES string of the molecule is COc1ccccc1N1CCC(CNC(=O)c2ccccc2N)C1.Cl.Cl. The van der Waals surface area contributed by atoms with E-state index < -0.39 is 0 Å². The number of nitrogens with one attached hydrogen (secondary N) is 1. The first kappa shape index (κ1) is 21.9. The molecule has 0 saturated carbocycles. The topological polar surface area (TPSA) is 67.6 Å². The molecular formula is C19H25Cl2N3O2. The molecule has 3 rings (SSSR count). The van der Waals surface area contributed by atoms with E-state index in [1.807, 2.05) is 30.3 Å². The maximum absolute atomic E-state index is 12.2. The summed E-state index contributed by atoms with van der Waals surface area (Å²) in [4.78, 5) is 14.6. The number of nitrogens with zero attached hydrogens (tertiary/aromatic N) is 1. The van der Waals surface area contributed by atoms with Crippen LogP contribution in [0.4, 0.5) is 11.4 Å². The minimum atomic E-state index is -0.108. The van der Waals surface area contributed by atoms with Crippen molar-refractivity contribution in [1.82, 2.24) is 5.32 Å². The monoisotopic (exact) mass is 397 g/mol. The standard InChI is InChI=1S/C19H23N3O2.2ClH/c1-24-18-9-5-4-8-17(18)22-11-10-14(13-22)12-21-19(23)15-6-2-3-7-16(15)20;;/h2-9,14H,10-13,20H2,1H3,(H,21,23);2*1H. The smallest absolute Gasteiger partial charge is 0.253 e. The maximum atomic E-state index is 12.2. The zero-order chi connectivity index (χ0) is 16.9. The Kier molecular flexibility index (Phi) is 8.55. The number of hydrogen-bond acceptors (Lipinski definition) is 4. The Morgan fingerprint density at radius 1 is 1.19 bits per heavy atom. The highest BCUT2D eigenvalue weighted by Crippen LogP contribution is 2.31. The van der Waals surface area contributed by atoms with Crippen LogP contribution in [0.15, 0.2) is 48.5 Å². The fraction of sp³-hybridized carbons (Fsp3) is 0.316. The van der Waals surface area contributed by atoms with E-state index in [0.29, 0.717) is 23.7 Å². The molecule has 1 amide bonds. The number of halogens is 2. The lowest BCUT2D eigenvalue weighted by molar-refractivity contribution is 0.0949. The van der Waals surface area contributed by atoms with Crippen LogP contribution in [0.1, 0.15) is 16.8 Å². The van der Waals surface area contributed by atoms with Gasteiger partial charge < -0.3 is 20.7 Å². The molecule has 2 aromatic rings. The van der Waals surface area contributed by atoms with E-state index in [4.69, 9.17) is 10.5 Å². The molecule has 2 aromatic carbocycles. The third-order valence-electron chi connectivity index (χ3n) is 4.47. The van der Waals surface area contributed by atoms with E-state index >= 15 is 0 Å². The summed E-state index contributed by atoms with van der Waals surface area (Å²) in [6, 6.07) is 15.2. The first-order valence-corrected chi connectivity index (χ1v) is 8.19. The first-order chi connectivity index (χ1) is 11.7. The molecule has 7 heteroatoms. The number of nitrogens with two attached hydrogens (primary N) is 1. The Morgan fingerprint density at radius 3 is 2.62 bits per heavy atom. The summed E-state index contributed by atoms with van der Waals surface area (Å²) in [5, 5.41) is 3.01. The molecule has 1 aliphatic rings. The Balaban J connectivity index is 0.00000169. The summed E-state index contributed by atoms with van der Waals surface area (Å²) >= 11 is 0. The van der Waals surface area contributed by atoms with Crippen LogP contribution in [0.3, 0.4) is 0 Å². The number of amides is 1. The van der Waals surface area contributed by atoms with E-state index in [-0.39, 0.29) is 30.7 Å². The molecule has 0 bridgehead atoms. The van der Waals surface area contributed by atoms with E-state index in [1.165, 1.54) is 0 Å². The van der Waals surface area contributed by atoms with Crippen molar-refractivity contribution < 1.29 is 9.53 Å². The third-order valence-corrected chi connectivity index (χ3v) is 4.47.